The number of anilines is 1. The van der Waals surface area contributed by atoms with Gasteiger partial charge in [0.2, 0.25) is 0 Å². The van der Waals surface area contributed by atoms with Gasteiger partial charge in [-0.3, -0.25) is 0 Å². The molecule has 1 N–H and O–H groups in total. The van der Waals surface area contributed by atoms with E-state index in [9.17, 15) is 9.90 Å². The molecule has 1 aliphatic heterocycles. The first-order valence-electron chi connectivity index (χ1n) is 7.09. The Labute approximate surface area is 113 Å². The predicted octanol–water partition coefficient (Wildman–Crippen LogP) is 2.71. The monoisotopic (exact) mass is 260 g/mol. The Hall–Kier alpha value is -1.58. The highest BCUT2D eigenvalue weighted by atomic mass is 16.4. The van der Waals surface area contributed by atoms with Crippen LogP contribution in [0.3, 0.4) is 0 Å². The van der Waals surface area contributed by atoms with Gasteiger partial charge >= 0.3 is 5.97 Å². The number of piperidine rings is 1. The molecule has 2 heterocycles. The van der Waals surface area contributed by atoms with E-state index in [1.165, 1.54) is 25.7 Å². The maximum absolute atomic E-state index is 11.4. The second kappa shape index (κ2) is 4.83. The largest absolute Gasteiger partial charge is 0.478 e. The predicted molar refractivity (Wildman–Crippen MR) is 73.6 cm³/mol. The van der Waals surface area contributed by atoms with E-state index in [1.807, 2.05) is 6.92 Å². The minimum Gasteiger partial charge on any atom is -0.478 e. The molecule has 4 nitrogen and oxygen atoms in total. The molecule has 1 aromatic heterocycles. The molecule has 3 rings (SSSR count). The van der Waals surface area contributed by atoms with Crippen LogP contribution in [0.5, 0.6) is 0 Å². The van der Waals surface area contributed by atoms with Gasteiger partial charge in [0.05, 0.1) is 0 Å². The van der Waals surface area contributed by atoms with Gasteiger partial charge in [0.15, 0.2) is 0 Å². The van der Waals surface area contributed by atoms with E-state index in [2.05, 4.69) is 9.88 Å². The number of hydrogen-bond acceptors (Lipinski definition) is 3. The zero-order valence-electron chi connectivity index (χ0n) is 11.3. The van der Waals surface area contributed by atoms with Crippen molar-refractivity contribution in [1.82, 2.24) is 4.98 Å². The van der Waals surface area contributed by atoms with E-state index in [1.54, 1.807) is 12.1 Å². The topological polar surface area (TPSA) is 53.4 Å². The first-order chi connectivity index (χ1) is 9.13. The third kappa shape index (κ3) is 2.44. The van der Waals surface area contributed by atoms with Crippen LogP contribution in [0, 0.1) is 18.8 Å². The zero-order valence-corrected chi connectivity index (χ0v) is 11.3. The zero-order chi connectivity index (χ0) is 13.4. The number of carboxylic acid groups (broad SMARTS) is 1. The van der Waals surface area contributed by atoms with Crippen molar-refractivity contribution in [3.8, 4) is 0 Å². The van der Waals surface area contributed by atoms with Crippen molar-refractivity contribution < 1.29 is 9.90 Å². The lowest BCUT2D eigenvalue weighted by Crippen LogP contribution is -2.43. The number of hydrogen-bond donors (Lipinski definition) is 1. The number of rotatable bonds is 2. The molecule has 0 spiro atoms. The van der Waals surface area contributed by atoms with Crippen LogP contribution in [0.1, 0.15) is 41.7 Å². The van der Waals surface area contributed by atoms with Crippen LogP contribution in [0.25, 0.3) is 0 Å². The number of nitrogens with zero attached hydrogens (tertiary/aromatic N) is 2. The van der Waals surface area contributed by atoms with Gasteiger partial charge in [-0.05, 0) is 50.2 Å². The summed E-state index contributed by atoms with van der Waals surface area (Å²) < 4.78 is 0. The number of carboxylic acids is 1. The fourth-order valence-electron chi connectivity index (χ4n) is 3.56. The first-order valence-corrected chi connectivity index (χ1v) is 7.09. The van der Waals surface area contributed by atoms with Crippen LogP contribution < -0.4 is 4.90 Å². The van der Waals surface area contributed by atoms with Gasteiger partial charge in [-0.25, -0.2) is 9.78 Å². The number of aryl methyl sites for hydroxylation is 1. The van der Waals surface area contributed by atoms with Crippen LogP contribution in [0.4, 0.5) is 5.82 Å². The molecule has 2 fully saturated rings. The molecule has 1 aromatic rings. The van der Waals surface area contributed by atoms with E-state index in [0.29, 0.717) is 11.4 Å². The summed E-state index contributed by atoms with van der Waals surface area (Å²) >= 11 is 0. The molecule has 0 aromatic carbocycles. The van der Waals surface area contributed by atoms with Crippen molar-refractivity contribution in [1.29, 1.82) is 0 Å². The number of pyridine rings is 1. The van der Waals surface area contributed by atoms with Crippen molar-refractivity contribution in [3.05, 3.63) is 23.4 Å². The van der Waals surface area contributed by atoms with E-state index < -0.39 is 5.97 Å². The van der Waals surface area contributed by atoms with E-state index in [0.717, 1.165) is 30.6 Å². The van der Waals surface area contributed by atoms with Gasteiger partial charge in [-0.2, -0.15) is 0 Å². The maximum atomic E-state index is 11.4. The lowest BCUT2D eigenvalue weighted by atomic mass is 9.78. The summed E-state index contributed by atoms with van der Waals surface area (Å²) in [6, 6.07) is 3.46. The minimum absolute atomic E-state index is 0.338. The van der Waals surface area contributed by atoms with Crippen LogP contribution in [0.2, 0.25) is 0 Å². The van der Waals surface area contributed by atoms with Gasteiger partial charge in [-0.15, -0.1) is 0 Å². The lowest BCUT2D eigenvalue weighted by Gasteiger charge is -2.42. The molecule has 102 valence electrons. The summed E-state index contributed by atoms with van der Waals surface area (Å²) in [4.78, 5) is 18.0. The van der Waals surface area contributed by atoms with Gasteiger partial charge in [0.1, 0.15) is 11.4 Å². The Morgan fingerprint density at radius 3 is 2.63 bits per heavy atom. The van der Waals surface area contributed by atoms with Gasteiger partial charge < -0.3 is 10.0 Å². The highest BCUT2D eigenvalue weighted by Gasteiger charge is 2.32. The van der Waals surface area contributed by atoms with E-state index >= 15 is 0 Å². The molecule has 1 saturated heterocycles. The Morgan fingerprint density at radius 1 is 1.32 bits per heavy atom. The second-order valence-electron chi connectivity index (χ2n) is 5.93. The Balaban J connectivity index is 1.92. The highest BCUT2D eigenvalue weighted by Crippen LogP contribution is 2.36. The molecule has 2 aliphatic rings. The maximum Gasteiger partial charge on any atom is 0.339 e. The van der Waals surface area contributed by atoms with Crippen LogP contribution in [-0.2, 0) is 0 Å². The summed E-state index contributed by atoms with van der Waals surface area (Å²) in [5.41, 5.74) is 1.22. The van der Waals surface area contributed by atoms with Crippen LogP contribution in [-0.4, -0.2) is 29.1 Å². The summed E-state index contributed by atoms with van der Waals surface area (Å²) in [5, 5.41) is 9.32. The molecule has 0 radical (unpaired) electrons. The van der Waals surface area contributed by atoms with Gasteiger partial charge in [0, 0.05) is 18.8 Å². The Morgan fingerprint density at radius 2 is 2.00 bits per heavy atom. The molecule has 2 unspecified atom stereocenters. The summed E-state index contributed by atoms with van der Waals surface area (Å²) in [6.07, 6.45) is 5.20. The van der Waals surface area contributed by atoms with Crippen molar-refractivity contribution in [3.63, 3.8) is 0 Å². The van der Waals surface area contributed by atoms with Crippen molar-refractivity contribution in [2.75, 3.05) is 18.0 Å². The lowest BCUT2D eigenvalue weighted by molar-refractivity contribution is 0.0696. The average molecular weight is 260 g/mol. The highest BCUT2D eigenvalue weighted by molar-refractivity contribution is 5.93. The second-order valence-corrected chi connectivity index (χ2v) is 5.93. The smallest absolute Gasteiger partial charge is 0.339 e. The Bertz CT molecular complexity index is 489. The number of aromatic nitrogens is 1. The van der Waals surface area contributed by atoms with Crippen LogP contribution >= 0.6 is 0 Å². The fraction of sp³-hybridized carbons (Fsp3) is 0.600. The van der Waals surface area contributed by atoms with Crippen molar-refractivity contribution in [2.24, 2.45) is 11.8 Å². The molecule has 4 heteroatoms. The van der Waals surface area contributed by atoms with E-state index in [4.69, 9.17) is 0 Å². The standard InChI is InChI=1S/C15H20N2O2/c1-10-5-6-13(15(18)19)14(16-10)17-8-11-3-2-4-12(7-11)9-17/h5-6,11-12H,2-4,7-9H2,1H3,(H,18,19). The quantitative estimate of drug-likeness (QED) is 0.888. The van der Waals surface area contributed by atoms with Gasteiger partial charge in [0.25, 0.3) is 0 Å². The molecule has 2 bridgehead atoms. The third-order valence-electron chi connectivity index (χ3n) is 4.39. The molecule has 1 saturated carbocycles. The number of aromatic carboxylic acids is 1. The van der Waals surface area contributed by atoms with Crippen molar-refractivity contribution in [2.45, 2.75) is 32.6 Å². The minimum atomic E-state index is -0.877. The van der Waals surface area contributed by atoms with Gasteiger partial charge in [-0.1, -0.05) is 6.42 Å². The molecular formula is C15H20N2O2. The van der Waals surface area contributed by atoms with Crippen LogP contribution in [0.15, 0.2) is 12.1 Å². The SMILES string of the molecule is Cc1ccc(C(=O)O)c(N2CC3CCCC(C3)C2)n1. The first kappa shape index (κ1) is 12.5. The summed E-state index contributed by atoms with van der Waals surface area (Å²) in [5.74, 6) is 1.23. The molecule has 19 heavy (non-hydrogen) atoms. The third-order valence-corrected chi connectivity index (χ3v) is 4.39. The number of fused-ring (bicyclic) bond motifs is 2. The number of carbonyl (C=O) groups is 1. The fourth-order valence-corrected chi connectivity index (χ4v) is 3.56. The molecular weight excluding hydrogens is 240 g/mol. The molecule has 0 amide bonds. The Kier molecular flexibility index (Phi) is 3.17. The molecule has 1 aliphatic carbocycles. The van der Waals surface area contributed by atoms with Crippen molar-refractivity contribution >= 4 is 11.8 Å². The normalized spacial score (nSPS) is 26.3. The average Bonchev–Trinajstić information content (AvgIpc) is 2.37. The summed E-state index contributed by atoms with van der Waals surface area (Å²) in [7, 11) is 0. The molecule has 2 atom stereocenters. The van der Waals surface area contributed by atoms with E-state index in [-0.39, 0.29) is 0 Å². The summed E-state index contributed by atoms with van der Waals surface area (Å²) in [6.45, 7) is 3.85.